The van der Waals surface area contributed by atoms with Crippen LogP contribution >= 0.6 is 0 Å². The van der Waals surface area contributed by atoms with E-state index >= 15 is 0 Å². The molecule has 0 amide bonds. The van der Waals surface area contributed by atoms with Crippen LogP contribution in [0.1, 0.15) is 0 Å². The fourth-order valence-electron chi connectivity index (χ4n) is 1.87. The van der Waals surface area contributed by atoms with Crippen LogP contribution in [-0.2, 0) is 7.05 Å². The molecule has 0 spiro atoms. The summed E-state index contributed by atoms with van der Waals surface area (Å²) in [4.78, 5) is 26.3. The molecule has 6 heteroatoms. The molecule has 0 bridgehead atoms. The molecule has 3 aromatic rings. The van der Waals surface area contributed by atoms with Gasteiger partial charge in [-0.25, -0.2) is 0 Å². The van der Waals surface area contributed by atoms with Gasteiger partial charge in [-0.3, -0.25) is 0 Å². The van der Waals surface area contributed by atoms with Crippen molar-refractivity contribution in [2.45, 2.75) is 0 Å². The summed E-state index contributed by atoms with van der Waals surface area (Å²) in [6.07, 6.45) is 0. The Morgan fingerprint density at radius 2 is 1.89 bits per heavy atom. The average molecular weight is 306 g/mol. The molecule has 0 saturated heterocycles. The molecule has 3 rings (SSSR count). The molecule has 2 heterocycles. The second-order valence-corrected chi connectivity index (χ2v) is 5.19. The molecule has 0 unspecified atom stereocenters. The van der Waals surface area contributed by atoms with Crippen molar-refractivity contribution < 1.29 is 0 Å². The SMILES string of the molecule is Cn1c(=O)n(-c2ccccc2)c(=O)c2n[se]cc21. The van der Waals surface area contributed by atoms with Gasteiger partial charge in [0.05, 0.1) is 0 Å². The number of benzene rings is 1. The van der Waals surface area contributed by atoms with Crippen LogP contribution < -0.4 is 11.2 Å². The van der Waals surface area contributed by atoms with Gasteiger partial charge in [-0.05, 0) is 0 Å². The maximum absolute atomic E-state index is 12.3. The number of aryl methyl sites for hydroxylation is 1. The molecule has 0 aliphatic carbocycles. The average Bonchev–Trinajstić information content (AvgIpc) is 2.87. The molecule has 0 saturated carbocycles. The first kappa shape index (κ1) is 11.2. The van der Waals surface area contributed by atoms with Gasteiger partial charge in [0.2, 0.25) is 0 Å². The van der Waals surface area contributed by atoms with Crippen molar-refractivity contribution in [1.82, 2.24) is 13.1 Å². The molecule has 0 radical (unpaired) electrons. The number of rotatable bonds is 1. The van der Waals surface area contributed by atoms with E-state index in [4.69, 9.17) is 0 Å². The van der Waals surface area contributed by atoms with E-state index in [1.54, 1.807) is 31.3 Å². The Balaban J connectivity index is 2.51. The van der Waals surface area contributed by atoms with E-state index in [-0.39, 0.29) is 26.0 Å². The monoisotopic (exact) mass is 307 g/mol. The summed E-state index contributed by atoms with van der Waals surface area (Å²) in [6, 6.07) is 8.90. The normalized spacial score (nSPS) is 10.9. The number of hydrogen-bond acceptors (Lipinski definition) is 3. The van der Waals surface area contributed by atoms with Gasteiger partial charge in [-0.15, -0.1) is 0 Å². The van der Waals surface area contributed by atoms with Crippen LogP contribution in [0.3, 0.4) is 0 Å². The first-order valence-electron chi connectivity index (χ1n) is 5.31. The maximum atomic E-state index is 12.3. The molecule has 90 valence electrons. The van der Waals surface area contributed by atoms with Crippen molar-refractivity contribution in [3.8, 4) is 5.69 Å². The van der Waals surface area contributed by atoms with Crippen molar-refractivity contribution in [2.75, 3.05) is 0 Å². The van der Waals surface area contributed by atoms with Gasteiger partial charge in [-0.2, -0.15) is 0 Å². The Hall–Kier alpha value is -1.91. The predicted octanol–water partition coefficient (Wildman–Crippen LogP) is 0.141. The minimum absolute atomic E-state index is 0.0818. The molecule has 5 nitrogen and oxygen atoms in total. The van der Waals surface area contributed by atoms with Crippen LogP contribution in [0.4, 0.5) is 0 Å². The van der Waals surface area contributed by atoms with Gasteiger partial charge in [0, 0.05) is 0 Å². The molecular formula is C12H9N3O2Se. The van der Waals surface area contributed by atoms with Crippen molar-refractivity contribution >= 4 is 25.8 Å². The van der Waals surface area contributed by atoms with Crippen LogP contribution in [0.5, 0.6) is 0 Å². The molecule has 0 aliphatic heterocycles. The van der Waals surface area contributed by atoms with Crippen LogP contribution in [0.25, 0.3) is 16.7 Å². The van der Waals surface area contributed by atoms with Crippen LogP contribution in [0.2, 0.25) is 0 Å². The zero-order chi connectivity index (χ0) is 12.7. The van der Waals surface area contributed by atoms with Crippen molar-refractivity contribution in [3.63, 3.8) is 0 Å². The fourth-order valence-corrected chi connectivity index (χ4v) is 3.34. The standard InChI is InChI=1S/C12H9N3O2Se/c1-14-9-7-18-13-10(9)11(16)15(12(14)17)8-5-3-2-4-6-8/h2-7H,1H3. The summed E-state index contributed by atoms with van der Waals surface area (Å²) in [7, 11) is 1.66. The summed E-state index contributed by atoms with van der Waals surface area (Å²) >= 11 is -0.0818. The van der Waals surface area contributed by atoms with Crippen LogP contribution in [-0.4, -0.2) is 27.8 Å². The Bertz CT molecular complexity index is 830. The fraction of sp³-hybridized carbons (Fsp3) is 0.0833. The van der Waals surface area contributed by atoms with Crippen molar-refractivity contribution in [2.24, 2.45) is 7.05 Å². The summed E-state index contributed by atoms with van der Waals surface area (Å²) in [5, 5.41) is 0. The third-order valence-corrected chi connectivity index (χ3v) is 4.10. The number of hydrogen-bond donors (Lipinski definition) is 0. The zero-order valence-corrected chi connectivity index (χ0v) is 11.2. The number of para-hydroxylation sites is 1. The van der Waals surface area contributed by atoms with Crippen LogP contribution in [0, 0.1) is 0 Å². The summed E-state index contributed by atoms with van der Waals surface area (Å²) < 4.78 is 6.84. The summed E-state index contributed by atoms with van der Waals surface area (Å²) in [5.41, 5.74) is 0.919. The van der Waals surface area contributed by atoms with E-state index in [0.29, 0.717) is 16.7 Å². The van der Waals surface area contributed by atoms with Crippen molar-refractivity contribution in [3.05, 3.63) is 56.1 Å². The Labute approximate surface area is 108 Å². The summed E-state index contributed by atoms with van der Waals surface area (Å²) in [5.74, 6) is 0. The van der Waals surface area contributed by atoms with Gasteiger partial charge in [-0.1, -0.05) is 0 Å². The minimum atomic E-state index is -0.339. The Morgan fingerprint density at radius 3 is 2.61 bits per heavy atom. The number of aromatic nitrogens is 3. The van der Waals surface area contributed by atoms with E-state index in [1.165, 1.54) is 4.57 Å². The molecule has 0 N–H and O–H groups in total. The van der Waals surface area contributed by atoms with Gasteiger partial charge < -0.3 is 0 Å². The number of nitrogens with zero attached hydrogens (tertiary/aromatic N) is 3. The third kappa shape index (κ3) is 1.50. The Kier molecular flexibility index (Phi) is 2.54. The molecule has 2 aromatic heterocycles. The van der Waals surface area contributed by atoms with Gasteiger partial charge in [0.15, 0.2) is 0 Å². The molecule has 18 heavy (non-hydrogen) atoms. The van der Waals surface area contributed by atoms with E-state index < -0.39 is 0 Å². The molecule has 0 atom stereocenters. The molecule has 0 aliphatic rings. The second-order valence-electron chi connectivity index (χ2n) is 3.87. The van der Waals surface area contributed by atoms with Crippen LogP contribution in [0.15, 0.2) is 44.9 Å². The first-order chi connectivity index (χ1) is 8.70. The van der Waals surface area contributed by atoms with E-state index in [0.717, 1.165) is 4.57 Å². The molecular weight excluding hydrogens is 297 g/mol. The molecule has 1 aromatic carbocycles. The first-order valence-corrected chi connectivity index (χ1v) is 7.07. The summed E-state index contributed by atoms with van der Waals surface area (Å²) in [6.45, 7) is 0. The van der Waals surface area contributed by atoms with E-state index in [1.807, 2.05) is 11.0 Å². The van der Waals surface area contributed by atoms with Gasteiger partial charge >= 0.3 is 108 Å². The molecule has 0 fully saturated rings. The third-order valence-electron chi connectivity index (χ3n) is 2.81. The van der Waals surface area contributed by atoms with E-state index in [2.05, 4.69) is 3.98 Å². The van der Waals surface area contributed by atoms with E-state index in [9.17, 15) is 9.59 Å². The van der Waals surface area contributed by atoms with Gasteiger partial charge in [0.1, 0.15) is 0 Å². The quantitative estimate of drug-likeness (QED) is 0.601. The second kappa shape index (κ2) is 4.08. The Morgan fingerprint density at radius 1 is 1.17 bits per heavy atom. The van der Waals surface area contributed by atoms with Crippen molar-refractivity contribution in [1.29, 1.82) is 0 Å². The predicted molar refractivity (Wildman–Crippen MR) is 69.5 cm³/mol. The number of fused-ring (bicyclic) bond motifs is 1. The topological polar surface area (TPSA) is 56.9 Å². The zero-order valence-electron chi connectivity index (χ0n) is 9.53. The van der Waals surface area contributed by atoms with Gasteiger partial charge in [0.25, 0.3) is 0 Å².